The van der Waals surface area contributed by atoms with Crippen LogP contribution in [0.4, 0.5) is 0 Å². The molecule has 3 aromatic rings. The third kappa shape index (κ3) is 4.70. The van der Waals surface area contributed by atoms with Gasteiger partial charge in [0.1, 0.15) is 23.9 Å². The van der Waals surface area contributed by atoms with Crippen LogP contribution in [0.2, 0.25) is 0 Å². The first-order chi connectivity index (χ1) is 12.3. The summed E-state index contributed by atoms with van der Waals surface area (Å²) in [4.78, 5) is 12.1. The molecule has 25 heavy (non-hydrogen) atoms. The molecule has 0 spiro atoms. The second-order valence-corrected chi connectivity index (χ2v) is 5.96. The second kappa shape index (κ2) is 8.49. The molecule has 3 nitrogen and oxygen atoms in total. The van der Waals surface area contributed by atoms with E-state index in [1.54, 1.807) is 18.2 Å². The summed E-state index contributed by atoms with van der Waals surface area (Å²) in [7, 11) is 0. The van der Waals surface area contributed by atoms with Gasteiger partial charge in [-0.05, 0) is 29.8 Å². The summed E-state index contributed by atoms with van der Waals surface area (Å²) in [5.74, 6) is 1.84. The number of halogens is 1. The van der Waals surface area contributed by atoms with Crippen LogP contribution >= 0.6 is 15.9 Å². The van der Waals surface area contributed by atoms with Crippen molar-refractivity contribution in [2.45, 2.75) is 6.61 Å². The van der Waals surface area contributed by atoms with Gasteiger partial charge in [0, 0.05) is 6.07 Å². The fraction of sp³-hybridized carbons (Fsp3) is 0.0952. The van der Waals surface area contributed by atoms with Crippen LogP contribution in [0.25, 0.3) is 0 Å². The van der Waals surface area contributed by atoms with E-state index < -0.39 is 0 Å². The first-order valence-electron chi connectivity index (χ1n) is 7.89. The summed E-state index contributed by atoms with van der Waals surface area (Å²) < 4.78 is 11.7. The number of ketones is 1. The van der Waals surface area contributed by atoms with Gasteiger partial charge in [0.2, 0.25) is 0 Å². The molecule has 0 atom stereocenters. The van der Waals surface area contributed by atoms with Crippen molar-refractivity contribution in [3.63, 3.8) is 0 Å². The molecule has 0 saturated heterocycles. The zero-order valence-corrected chi connectivity index (χ0v) is 15.1. The van der Waals surface area contributed by atoms with Gasteiger partial charge in [0.25, 0.3) is 0 Å². The van der Waals surface area contributed by atoms with Gasteiger partial charge < -0.3 is 9.47 Å². The number of alkyl halides is 1. The minimum atomic E-state index is -0.0330. The Bertz CT molecular complexity index is 832. The molecular formula is C21H17BrO3. The van der Waals surface area contributed by atoms with Crippen LogP contribution in [0.3, 0.4) is 0 Å². The SMILES string of the molecule is O=C(CBr)c1ccc(Oc2ccccc2)cc1OCc1ccccc1. The Balaban J connectivity index is 1.83. The van der Waals surface area contributed by atoms with E-state index in [1.807, 2.05) is 60.7 Å². The smallest absolute Gasteiger partial charge is 0.177 e. The number of carbonyl (C=O) groups excluding carboxylic acids is 1. The van der Waals surface area contributed by atoms with Gasteiger partial charge in [-0.1, -0.05) is 64.5 Å². The minimum absolute atomic E-state index is 0.0330. The van der Waals surface area contributed by atoms with Crippen molar-refractivity contribution >= 4 is 21.7 Å². The lowest BCUT2D eigenvalue weighted by molar-refractivity contribution is 0.101. The molecule has 0 radical (unpaired) electrons. The average molecular weight is 397 g/mol. The van der Waals surface area contributed by atoms with E-state index >= 15 is 0 Å². The van der Waals surface area contributed by atoms with E-state index in [0.717, 1.165) is 11.3 Å². The fourth-order valence-electron chi connectivity index (χ4n) is 2.35. The monoisotopic (exact) mass is 396 g/mol. The van der Waals surface area contributed by atoms with E-state index in [-0.39, 0.29) is 11.1 Å². The molecule has 0 saturated carbocycles. The summed E-state index contributed by atoms with van der Waals surface area (Å²) in [6, 6.07) is 24.6. The third-order valence-corrected chi connectivity index (χ3v) is 4.10. The summed E-state index contributed by atoms with van der Waals surface area (Å²) in [6.45, 7) is 0.387. The second-order valence-electron chi connectivity index (χ2n) is 5.40. The summed E-state index contributed by atoms with van der Waals surface area (Å²) >= 11 is 3.22. The fourth-order valence-corrected chi connectivity index (χ4v) is 2.65. The third-order valence-electron chi connectivity index (χ3n) is 3.59. The van der Waals surface area contributed by atoms with Crippen LogP contribution in [-0.4, -0.2) is 11.1 Å². The van der Waals surface area contributed by atoms with Crippen molar-refractivity contribution in [3.8, 4) is 17.2 Å². The van der Waals surface area contributed by atoms with E-state index in [0.29, 0.717) is 23.7 Å². The van der Waals surface area contributed by atoms with Gasteiger partial charge in [0.15, 0.2) is 5.78 Å². The maximum absolute atomic E-state index is 12.1. The van der Waals surface area contributed by atoms with Crippen LogP contribution < -0.4 is 9.47 Å². The van der Waals surface area contributed by atoms with Crippen molar-refractivity contribution in [1.29, 1.82) is 0 Å². The molecule has 0 aliphatic carbocycles. The van der Waals surface area contributed by atoms with Gasteiger partial charge >= 0.3 is 0 Å². The van der Waals surface area contributed by atoms with Crippen molar-refractivity contribution in [1.82, 2.24) is 0 Å². The quantitative estimate of drug-likeness (QED) is 0.383. The molecule has 3 rings (SSSR count). The number of carbonyl (C=O) groups is 1. The number of rotatable bonds is 7. The Morgan fingerprint density at radius 2 is 1.52 bits per heavy atom. The van der Waals surface area contributed by atoms with Crippen molar-refractivity contribution < 1.29 is 14.3 Å². The maximum Gasteiger partial charge on any atom is 0.177 e. The molecule has 4 heteroatoms. The highest BCUT2D eigenvalue weighted by Gasteiger charge is 2.13. The average Bonchev–Trinajstić information content (AvgIpc) is 2.67. The van der Waals surface area contributed by atoms with Crippen molar-refractivity contribution in [2.75, 3.05) is 5.33 Å². The Morgan fingerprint density at radius 1 is 0.840 bits per heavy atom. The molecule has 0 N–H and O–H groups in total. The molecule has 3 aromatic carbocycles. The van der Waals surface area contributed by atoms with Crippen LogP contribution in [0, 0.1) is 0 Å². The predicted octanol–water partition coefficient (Wildman–Crippen LogP) is 5.64. The van der Waals surface area contributed by atoms with Crippen LogP contribution in [-0.2, 0) is 6.61 Å². The Labute approximate surface area is 155 Å². The van der Waals surface area contributed by atoms with Gasteiger partial charge in [-0.25, -0.2) is 0 Å². The summed E-state index contributed by atoms with van der Waals surface area (Å²) in [5, 5.41) is 0.244. The minimum Gasteiger partial charge on any atom is -0.488 e. The lowest BCUT2D eigenvalue weighted by Crippen LogP contribution is -2.05. The number of Topliss-reactive ketones (excluding diaryl/α,β-unsaturated/α-hetero) is 1. The van der Waals surface area contributed by atoms with Crippen molar-refractivity contribution in [2.24, 2.45) is 0 Å². The molecule has 0 aromatic heterocycles. The maximum atomic E-state index is 12.1. The topological polar surface area (TPSA) is 35.5 Å². The number of hydrogen-bond acceptors (Lipinski definition) is 3. The Hall–Kier alpha value is -2.59. The van der Waals surface area contributed by atoms with Crippen molar-refractivity contribution in [3.05, 3.63) is 90.0 Å². The van der Waals surface area contributed by atoms with E-state index in [4.69, 9.17) is 9.47 Å². The molecule has 126 valence electrons. The molecule has 0 fully saturated rings. The number of benzene rings is 3. The van der Waals surface area contributed by atoms with Gasteiger partial charge in [0.05, 0.1) is 10.9 Å². The zero-order chi connectivity index (χ0) is 17.5. The molecule has 0 aliphatic heterocycles. The van der Waals surface area contributed by atoms with E-state index in [2.05, 4.69) is 15.9 Å². The van der Waals surface area contributed by atoms with E-state index in [1.165, 1.54) is 0 Å². The molecular weight excluding hydrogens is 380 g/mol. The molecule has 0 amide bonds. The summed E-state index contributed by atoms with van der Waals surface area (Å²) in [6.07, 6.45) is 0. The number of ether oxygens (including phenoxy) is 2. The van der Waals surface area contributed by atoms with Crippen LogP contribution in [0.1, 0.15) is 15.9 Å². The number of para-hydroxylation sites is 1. The lowest BCUT2D eigenvalue weighted by Gasteiger charge is -2.13. The Kier molecular flexibility index (Phi) is 5.86. The molecule has 0 bridgehead atoms. The number of hydrogen-bond donors (Lipinski definition) is 0. The largest absolute Gasteiger partial charge is 0.488 e. The highest BCUT2D eigenvalue weighted by atomic mass is 79.9. The highest BCUT2D eigenvalue weighted by molar-refractivity contribution is 9.09. The first kappa shape index (κ1) is 17.2. The van der Waals surface area contributed by atoms with Gasteiger partial charge in [-0.15, -0.1) is 0 Å². The first-order valence-corrected chi connectivity index (χ1v) is 9.01. The zero-order valence-electron chi connectivity index (χ0n) is 13.5. The molecule has 0 unspecified atom stereocenters. The lowest BCUT2D eigenvalue weighted by atomic mass is 10.1. The molecule has 0 aliphatic rings. The van der Waals surface area contributed by atoms with Gasteiger partial charge in [-0.3, -0.25) is 4.79 Å². The van der Waals surface area contributed by atoms with Crippen LogP contribution in [0.5, 0.6) is 17.2 Å². The Morgan fingerprint density at radius 3 is 2.20 bits per heavy atom. The predicted molar refractivity (Wildman–Crippen MR) is 102 cm³/mol. The van der Waals surface area contributed by atoms with Gasteiger partial charge in [-0.2, -0.15) is 0 Å². The van der Waals surface area contributed by atoms with E-state index in [9.17, 15) is 4.79 Å². The highest BCUT2D eigenvalue weighted by Crippen LogP contribution is 2.29. The normalized spacial score (nSPS) is 10.3. The standard InChI is InChI=1S/C21H17BrO3/c22-14-20(23)19-12-11-18(25-17-9-5-2-6-10-17)13-21(19)24-15-16-7-3-1-4-8-16/h1-13H,14-15H2. The molecule has 0 heterocycles. The summed E-state index contributed by atoms with van der Waals surface area (Å²) in [5.41, 5.74) is 1.57. The van der Waals surface area contributed by atoms with Crippen LogP contribution in [0.15, 0.2) is 78.9 Å².